The van der Waals surface area contributed by atoms with E-state index >= 15 is 0 Å². The molecule has 3 N–H and O–H groups in total. The number of aromatic nitrogens is 1. The quantitative estimate of drug-likeness (QED) is 0.817. The number of hydrogen-bond donors (Lipinski definition) is 2. The molecule has 5 heteroatoms. The number of pyridine rings is 1. The smallest absolute Gasteiger partial charge is 0.257 e. The summed E-state index contributed by atoms with van der Waals surface area (Å²) in [7, 11) is 0. The van der Waals surface area contributed by atoms with Crippen molar-refractivity contribution in [2.24, 2.45) is 5.73 Å². The van der Waals surface area contributed by atoms with E-state index in [1.165, 1.54) is 24.4 Å². The maximum absolute atomic E-state index is 13.0. The first-order valence-electron chi connectivity index (χ1n) is 5.90. The first kappa shape index (κ1) is 13.7. The van der Waals surface area contributed by atoms with Gasteiger partial charge in [-0.2, -0.15) is 0 Å². The zero-order valence-corrected chi connectivity index (χ0v) is 10.6. The minimum atomic E-state index is -0.413. The number of carbonyl (C=O) groups is 1. The second-order valence-electron chi connectivity index (χ2n) is 3.93. The molecular formula is C15H12FN3O. The highest BCUT2D eigenvalue weighted by atomic mass is 19.1. The minimum absolute atomic E-state index is 0.236. The lowest BCUT2D eigenvalue weighted by Gasteiger charge is -2.05. The lowest BCUT2D eigenvalue weighted by atomic mass is 10.2. The Hall–Kier alpha value is -2.71. The van der Waals surface area contributed by atoms with Crippen molar-refractivity contribution in [1.29, 1.82) is 0 Å². The summed E-state index contributed by atoms with van der Waals surface area (Å²) in [5.41, 5.74) is 6.61. The molecule has 0 aliphatic heterocycles. The number of rotatable bonds is 2. The number of nitrogens with two attached hydrogens (primary N) is 1. The van der Waals surface area contributed by atoms with Gasteiger partial charge in [0.25, 0.3) is 5.91 Å². The summed E-state index contributed by atoms with van der Waals surface area (Å²) >= 11 is 0. The van der Waals surface area contributed by atoms with Crippen LogP contribution in [0, 0.1) is 17.7 Å². The molecule has 0 unspecified atom stereocenters. The van der Waals surface area contributed by atoms with Gasteiger partial charge >= 0.3 is 0 Å². The molecule has 0 radical (unpaired) electrons. The zero-order chi connectivity index (χ0) is 14.4. The van der Waals surface area contributed by atoms with Crippen molar-refractivity contribution in [3.63, 3.8) is 0 Å². The van der Waals surface area contributed by atoms with Crippen molar-refractivity contribution < 1.29 is 9.18 Å². The van der Waals surface area contributed by atoms with Crippen LogP contribution in [-0.2, 0) is 0 Å². The lowest BCUT2D eigenvalue weighted by molar-refractivity contribution is 0.102. The molecular weight excluding hydrogens is 257 g/mol. The average molecular weight is 269 g/mol. The van der Waals surface area contributed by atoms with Crippen LogP contribution < -0.4 is 11.1 Å². The number of carbonyl (C=O) groups excluding carboxylic acids is 1. The number of nitrogens with zero attached hydrogens (tertiary/aromatic N) is 1. The van der Waals surface area contributed by atoms with Gasteiger partial charge in [-0.25, -0.2) is 4.39 Å². The third-order valence-corrected chi connectivity index (χ3v) is 2.42. The highest BCUT2D eigenvalue weighted by molar-refractivity contribution is 6.04. The highest BCUT2D eigenvalue weighted by Crippen LogP contribution is 2.11. The van der Waals surface area contributed by atoms with Crippen molar-refractivity contribution in [3.05, 3.63) is 59.7 Å². The summed E-state index contributed by atoms with van der Waals surface area (Å²) in [6, 6.07) is 7.27. The number of anilines is 1. The van der Waals surface area contributed by atoms with Crippen LogP contribution in [0.2, 0.25) is 0 Å². The summed E-state index contributed by atoms with van der Waals surface area (Å²) in [6.45, 7) is 0.236. The fourth-order valence-corrected chi connectivity index (χ4v) is 1.56. The Kier molecular flexibility index (Phi) is 4.43. The van der Waals surface area contributed by atoms with E-state index in [1.54, 1.807) is 18.3 Å². The second kappa shape index (κ2) is 6.45. The van der Waals surface area contributed by atoms with Crippen molar-refractivity contribution in [2.45, 2.75) is 0 Å². The van der Waals surface area contributed by atoms with Crippen LogP contribution in [0.15, 0.2) is 42.7 Å². The van der Waals surface area contributed by atoms with E-state index in [1.807, 2.05) is 0 Å². The molecule has 0 atom stereocenters. The Morgan fingerprint density at radius 2 is 2.20 bits per heavy atom. The molecule has 0 saturated heterocycles. The summed E-state index contributed by atoms with van der Waals surface area (Å²) in [6.07, 6.45) is 2.96. The van der Waals surface area contributed by atoms with Crippen LogP contribution in [0.1, 0.15) is 15.9 Å². The monoisotopic (exact) mass is 269 g/mol. The van der Waals surface area contributed by atoms with Crippen molar-refractivity contribution in [2.75, 3.05) is 11.9 Å². The fraction of sp³-hybridized carbons (Fsp3) is 0.0667. The van der Waals surface area contributed by atoms with Crippen LogP contribution in [0.25, 0.3) is 0 Å². The molecule has 1 aromatic heterocycles. The molecule has 0 saturated carbocycles. The molecule has 0 spiro atoms. The summed E-state index contributed by atoms with van der Waals surface area (Å²) < 4.78 is 13.0. The Morgan fingerprint density at radius 3 is 2.95 bits per heavy atom. The van der Waals surface area contributed by atoms with Gasteiger partial charge in [-0.1, -0.05) is 17.9 Å². The van der Waals surface area contributed by atoms with Gasteiger partial charge in [-0.15, -0.1) is 0 Å². The molecule has 20 heavy (non-hydrogen) atoms. The number of hydrogen-bond acceptors (Lipinski definition) is 3. The predicted octanol–water partition coefficient (Wildman–Crippen LogP) is 1.78. The van der Waals surface area contributed by atoms with Crippen LogP contribution in [-0.4, -0.2) is 17.4 Å². The zero-order valence-electron chi connectivity index (χ0n) is 10.6. The summed E-state index contributed by atoms with van der Waals surface area (Å²) in [5.74, 6) is 4.69. The van der Waals surface area contributed by atoms with Gasteiger partial charge < -0.3 is 11.1 Å². The Labute approximate surface area is 115 Å². The third-order valence-electron chi connectivity index (χ3n) is 2.42. The standard InChI is InChI=1S/C15H12FN3O/c16-13-4-1-5-14(8-13)19-15(20)12-7-11(3-2-6-17)9-18-10-12/h1,4-5,7-10H,6,17H2,(H,19,20). The first-order chi connectivity index (χ1) is 9.69. The molecule has 4 nitrogen and oxygen atoms in total. The molecule has 2 rings (SSSR count). The number of benzene rings is 1. The molecule has 1 aromatic carbocycles. The fourth-order valence-electron chi connectivity index (χ4n) is 1.56. The number of halogens is 1. The summed E-state index contributed by atoms with van der Waals surface area (Å²) in [5, 5.41) is 2.59. The van der Waals surface area contributed by atoms with Crippen LogP contribution in [0.5, 0.6) is 0 Å². The molecule has 1 amide bonds. The largest absolute Gasteiger partial charge is 0.322 e. The Morgan fingerprint density at radius 1 is 1.35 bits per heavy atom. The lowest BCUT2D eigenvalue weighted by Crippen LogP contribution is -2.12. The van der Waals surface area contributed by atoms with Gasteiger partial charge in [-0.05, 0) is 24.3 Å². The third kappa shape index (κ3) is 3.64. The van der Waals surface area contributed by atoms with Gasteiger partial charge in [0, 0.05) is 23.6 Å². The molecule has 0 aliphatic rings. The summed E-state index contributed by atoms with van der Waals surface area (Å²) in [4.78, 5) is 15.9. The van der Waals surface area contributed by atoms with Crippen molar-refractivity contribution in [1.82, 2.24) is 4.98 Å². The molecule has 1 heterocycles. The molecule has 0 aliphatic carbocycles. The van der Waals surface area contributed by atoms with Crippen LogP contribution in [0.3, 0.4) is 0 Å². The Bertz CT molecular complexity index is 689. The first-order valence-corrected chi connectivity index (χ1v) is 5.90. The SMILES string of the molecule is NCC#Cc1cncc(C(=O)Nc2cccc(F)c2)c1. The number of amides is 1. The van der Waals surface area contributed by atoms with Gasteiger partial charge in [0.2, 0.25) is 0 Å². The van der Waals surface area contributed by atoms with Crippen molar-refractivity contribution in [3.8, 4) is 11.8 Å². The predicted molar refractivity (Wildman–Crippen MR) is 74.5 cm³/mol. The molecule has 100 valence electrons. The van der Waals surface area contributed by atoms with Crippen LogP contribution >= 0.6 is 0 Å². The van der Waals surface area contributed by atoms with Gasteiger partial charge in [0.1, 0.15) is 5.82 Å². The van der Waals surface area contributed by atoms with Gasteiger partial charge in [0.05, 0.1) is 12.1 Å². The van der Waals surface area contributed by atoms with Gasteiger partial charge in [0.15, 0.2) is 0 Å². The molecule has 0 bridgehead atoms. The van der Waals surface area contributed by atoms with E-state index in [0.29, 0.717) is 16.8 Å². The number of nitrogens with one attached hydrogen (secondary N) is 1. The topological polar surface area (TPSA) is 68.0 Å². The minimum Gasteiger partial charge on any atom is -0.322 e. The van der Waals surface area contributed by atoms with E-state index in [-0.39, 0.29) is 12.5 Å². The van der Waals surface area contributed by atoms with E-state index in [0.717, 1.165) is 0 Å². The van der Waals surface area contributed by atoms with Crippen molar-refractivity contribution >= 4 is 11.6 Å². The van der Waals surface area contributed by atoms with E-state index < -0.39 is 5.82 Å². The van der Waals surface area contributed by atoms with E-state index in [4.69, 9.17) is 5.73 Å². The highest BCUT2D eigenvalue weighted by Gasteiger charge is 2.07. The maximum Gasteiger partial charge on any atom is 0.257 e. The maximum atomic E-state index is 13.0. The van der Waals surface area contributed by atoms with Crippen LogP contribution in [0.4, 0.5) is 10.1 Å². The Balaban J connectivity index is 2.17. The average Bonchev–Trinajstić information content (AvgIpc) is 2.45. The normalized spacial score (nSPS) is 9.50. The molecule has 2 aromatic rings. The van der Waals surface area contributed by atoms with E-state index in [2.05, 4.69) is 22.1 Å². The molecule has 0 fully saturated rings. The van der Waals surface area contributed by atoms with E-state index in [9.17, 15) is 9.18 Å². The second-order valence-corrected chi connectivity index (χ2v) is 3.93. The van der Waals surface area contributed by atoms with Gasteiger partial charge in [-0.3, -0.25) is 9.78 Å².